The summed E-state index contributed by atoms with van der Waals surface area (Å²) in [6.07, 6.45) is 3.28. The molecule has 25 heavy (non-hydrogen) atoms. The van der Waals surface area contributed by atoms with Crippen LogP contribution in [0.2, 0.25) is 5.02 Å². The molecule has 1 aromatic heterocycles. The zero-order chi connectivity index (χ0) is 17.8. The van der Waals surface area contributed by atoms with Crippen LogP contribution in [0.5, 0.6) is 0 Å². The Hall–Kier alpha value is -2.26. The molecule has 0 aliphatic rings. The van der Waals surface area contributed by atoms with Crippen molar-refractivity contribution in [1.29, 1.82) is 0 Å². The predicted molar refractivity (Wildman–Crippen MR) is 104 cm³/mol. The number of aromatic nitrogens is 1. The van der Waals surface area contributed by atoms with Crippen molar-refractivity contribution in [2.45, 2.75) is 38.6 Å². The van der Waals surface area contributed by atoms with Crippen molar-refractivity contribution < 1.29 is 4.79 Å². The van der Waals surface area contributed by atoms with E-state index in [9.17, 15) is 4.79 Å². The summed E-state index contributed by atoms with van der Waals surface area (Å²) in [5.74, 6) is -0.0431. The SMILES string of the molecule is CC[C@H](C)NC(=O)C[C@H](c1ccccc1Cl)c1c[nH]c2ccccc12. The van der Waals surface area contributed by atoms with Crippen LogP contribution in [0.4, 0.5) is 0 Å². The van der Waals surface area contributed by atoms with Gasteiger partial charge in [-0.1, -0.05) is 54.9 Å². The lowest BCUT2D eigenvalue weighted by Gasteiger charge is -2.20. The minimum atomic E-state index is -0.0890. The van der Waals surface area contributed by atoms with Gasteiger partial charge in [-0.3, -0.25) is 4.79 Å². The van der Waals surface area contributed by atoms with Crippen molar-refractivity contribution >= 4 is 28.4 Å². The number of carbonyl (C=O) groups is 1. The van der Waals surface area contributed by atoms with E-state index in [2.05, 4.69) is 23.3 Å². The first-order chi connectivity index (χ1) is 12.1. The minimum Gasteiger partial charge on any atom is -0.361 e. The number of amides is 1. The average Bonchev–Trinajstić information content (AvgIpc) is 3.04. The van der Waals surface area contributed by atoms with Crippen molar-refractivity contribution in [2.24, 2.45) is 0 Å². The van der Waals surface area contributed by atoms with E-state index in [1.54, 1.807) is 0 Å². The molecule has 0 fully saturated rings. The van der Waals surface area contributed by atoms with Crippen LogP contribution in [0, 0.1) is 0 Å². The lowest BCUT2D eigenvalue weighted by molar-refractivity contribution is -0.121. The van der Waals surface area contributed by atoms with Crippen LogP contribution in [-0.4, -0.2) is 16.9 Å². The molecule has 0 bridgehead atoms. The monoisotopic (exact) mass is 354 g/mol. The third-order valence-corrected chi connectivity index (χ3v) is 5.03. The lowest BCUT2D eigenvalue weighted by Crippen LogP contribution is -2.33. The van der Waals surface area contributed by atoms with E-state index >= 15 is 0 Å². The molecule has 1 amide bonds. The van der Waals surface area contributed by atoms with Gasteiger partial charge in [-0.05, 0) is 36.6 Å². The summed E-state index contributed by atoms with van der Waals surface area (Å²) >= 11 is 6.46. The maximum atomic E-state index is 12.6. The van der Waals surface area contributed by atoms with E-state index in [1.165, 1.54) is 0 Å². The van der Waals surface area contributed by atoms with Gasteiger partial charge in [0.1, 0.15) is 0 Å². The third kappa shape index (κ3) is 3.88. The number of carbonyl (C=O) groups excluding carboxylic acids is 1. The van der Waals surface area contributed by atoms with Crippen molar-refractivity contribution in [3.05, 3.63) is 70.9 Å². The number of benzene rings is 2. The fourth-order valence-electron chi connectivity index (χ4n) is 3.15. The second-order valence-corrected chi connectivity index (χ2v) is 6.85. The highest BCUT2D eigenvalue weighted by molar-refractivity contribution is 6.31. The number of nitrogens with one attached hydrogen (secondary N) is 2. The van der Waals surface area contributed by atoms with Crippen molar-refractivity contribution in [3.8, 4) is 0 Å². The van der Waals surface area contributed by atoms with Gasteiger partial charge in [0.2, 0.25) is 5.91 Å². The van der Waals surface area contributed by atoms with E-state index in [4.69, 9.17) is 11.6 Å². The van der Waals surface area contributed by atoms with E-state index in [0.29, 0.717) is 11.4 Å². The summed E-state index contributed by atoms with van der Waals surface area (Å²) in [4.78, 5) is 15.9. The molecule has 3 nitrogen and oxygen atoms in total. The molecule has 2 atom stereocenters. The van der Waals surface area contributed by atoms with Crippen LogP contribution >= 0.6 is 11.6 Å². The molecule has 0 saturated carbocycles. The molecule has 0 aliphatic heterocycles. The third-order valence-electron chi connectivity index (χ3n) is 4.69. The Morgan fingerprint density at radius 3 is 2.60 bits per heavy atom. The molecule has 4 heteroatoms. The fourth-order valence-corrected chi connectivity index (χ4v) is 3.42. The van der Waals surface area contributed by atoms with Crippen molar-refractivity contribution in [2.75, 3.05) is 0 Å². The number of hydrogen-bond donors (Lipinski definition) is 2. The Balaban J connectivity index is 2.01. The van der Waals surface area contributed by atoms with Crippen LogP contribution in [0.15, 0.2) is 54.7 Å². The van der Waals surface area contributed by atoms with Gasteiger partial charge in [-0.2, -0.15) is 0 Å². The number of para-hydroxylation sites is 1. The Morgan fingerprint density at radius 2 is 1.84 bits per heavy atom. The average molecular weight is 355 g/mol. The molecule has 0 spiro atoms. The first-order valence-corrected chi connectivity index (χ1v) is 9.07. The van der Waals surface area contributed by atoms with Gasteiger partial charge in [-0.15, -0.1) is 0 Å². The molecular formula is C21H23ClN2O. The van der Waals surface area contributed by atoms with Crippen LogP contribution in [0.25, 0.3) is 10.9 Å². The molecule has 0 saturated heterocycles. The molecule has 2 aromatic carbocycles. The topological polar surface area (TPSA) is 44.9 Å². The number of rotatable bonds is 6. The number of halogens is 1. The van der Waals surface area contributed by atoms with Gasteiger partial charge in [-0.25, -0.2) is 0 Å². The smallest absolute Gasteiger partial charge is 0.221 e. The van der Waals surface area contributed by atoms with Crippen molar-refractivity contribution in [3.63, 3.8) is 0 Å². The second-order valence-electron chi connectivity index (χ2n) is 6.44. The van der Waals surface area contributed by atoms with Crippen LogP contribution in [-0.2, 0) is 4.79 Å². The van der Waals surface area contributed by atoms with Gasteiger partial charge in [0.15, 0.2) is 0 Å². The number of H-pyrrole nitrogens is 1. The molecule has 1 heterocycles. The maximum absolute atomic E-state index is 12.6. The second kappa shape index (κ2) is 7.75. The fraction of sp³-hybridized carbons (Fsp3) is 0.286. The van der Waals surface area contributed by atoms with Crippen LogP contribution in [0.1, 0.15) is 43.7 Å². The van der Waals surface area contributed by atoms with E-state index in [0.717, 1.165) is 28.5 Å². The Bertz CT molecular complexity index is 871. The summed E-state index contributed by atoms with van der Waals surface area (Å²) in [7, 11) is 0. The molecule has 3 aromatic rings. The molecule has 130 valence electrons. The Labute approximate surface area is 153 Å². The predicted octanol–water partition coefficient (Wildman–Crippen LogP) is 5.26. The normalized spacial score (nSPS) is 13.6. The van der Waals surface area contributed by atoms with Crippen LogP contribution < -0.4 is 5.32 Å². The number of fused-ring (bicyclic) bond motifs is 1. The number of hydrogen-bond acceptors (Lipinski definition) is 1. The molecule has 0 aliphatic carbocycles. The minimum absolute atomic E-state index is 0.0459. The molecule has 3 rings (SSSR count). The first-order valence-electron chi connectivity index (χ1n) is 8.70. The molecular weight excluding hydrogens is 332 g/mol. The molecule has 0 unspecified atom stereocenters. The van der Waals surface area contributed by atoms with Crippen LogP contribution in [0.3, 0.4) is 0 Å². The van der Waals surface area contributed by atoms with E-state index in [-0.39, 0.29) is 17.9 Å². The summed E-state index contributed by atoms with van der Waals surface area (Å²) in [5.41, 5.74) is 3.15. The van der Waals surface area contributed by atoms with Crippen molar-refractivity contribution in [1.82, 2.24) is 10.3 Å². The highest BCUT2D eigenvalue weighted by Gasteiger charge is 2.23. The first kappa shape index (κ1) is 17.6. The van der Waals surface area contributed by atoms with Gasteiger partial charge >= 0.3 is 0 Å². The highest BCUT2D eigenvalue weighted by Crippen LogP contribution is 2.36. The summed E-state index contributed by atoms with van der Waals surface area (Å²) in [6.45, 7) is 4.09. The maximum Gasteiger partial charge on any atom is 0.221 e. The highest BCUT2D eigenvalue weighted by atomic mass is 35.5. The summed E-state index contributed by atoms with van der Waals surface area (Å²) in [5, 5.41) is 4.88. The van der Waals surface area contributed by atoms with Gasteiger partial charge in [0.25, 0.3) is 0 Å². The Kier molecular flexibility index (Phi) is 5.44. The quantitative estimate of drug-likeness (QED) is 0.623. The molecule has 2 N–H and O–H groups in total. The summed E-state index contributed by atoms with van der Waals surface area (Å²) < 4.78 is 0. The van der Waals surface area contributed by atoms with E-state index < -0.39 is 0 Å². The zero-order valence-corrected chi connectivity index (χ0v) is 15.3. The standard InChI is InChI=1S/C21H23ClN2O/c1-3-14(2)24-21(25)12-17(15-8-4-6-10-19(15)22)18-13-23-20-11-7-5-9-16(18)20/h4-11,13-14,17,23H,3,12H2,1-2H3,(H,24,25)/t14-,17+/m0/s1. The zero-order valence-electron chi connectivity index (χ0n) is 14.6. The van der Waals surface area contributed by atoms with Gasteiger partial charge in [0, 0.05) is 40.5 Å². The summed E-state index contributed by atoms with van der Waals surface area (Å²) in [6, 6.07) is 16.1. The Morgan fingerprint density at radius 1 is 1.12 bits per heavy atom. The molecule has 0 radical (unpaired) electrons. The van der Waals surface area contributed by atoms with Gasteiger partial charge in [0.05, 0.1) is 0 Å². The van der Waals surface area contributed by atoms with E-state index in [1.807, 2.05) is 55.6 Å². The number of aromatic amines is 1. The lowest BCUT2D eigenvalue weighted by atomic mass is 9.88. The van der Waals surface area contributed by atoms with Gasteiger partial charge < -0.3 is 10.3 Å². The largest absolute Gasteiger partial charge is 0.361 e.